The van der Waals surface area contributed by atoms with Crippen molar-refractivity contribution in [3.63, 3.8) is 0 Å². The molecule has 0 N–H and O–H groups in total. The summed E-state index contributed by atoms with van der Waals surface area (Å²) in [4.78, 5) is 2.40. The van der Waals surface area contributed by atoms with Crippen LogP contribution >= 0.6 is 0 Å². The zero-order chi connectivity index (χ0) is 27.6. The third-order valence-electron chi connectivity index (χ3n) is 9.54. The second-order valence-corrected chi connectivity index (χ2v) is 12.9. The van der Waals surface area contributed by atoms with Gasteiger partial charge in [0.25, 0.3) is 0 Å². The van der Waals surface area contributed by atoms with E-state index in [2.05, 4.69) is 137 Å². The van der Waals surface area contributed by atoms with Crippen LogP contribution in [0, 0.1) is 13.8 Å². The number of hydrogen-bond donors (Lipinski definition) is 0. The first-order valence-electron chi connectivity index (χ1n) is 14.3. The van der Waals surface area contributed by atoms with E-state index in [1.807, 2.05) is 0 Å². The van der Waals surface area contributed by atoms with E-state index in [-0.39, 0.29) is 10.8 Å². The smallest absolute Gasteiger partial charge is 0.151 e. The Kier molecular flexibility index (Phi) is 4.52. The number of para-hydroxylation sites is 1. The highest BCUT2D eigenvalue weighted by Gasteiger charge is 2.41. The van der Waals surface area contributed by atoms with Crippen LogP contribution in [-0.2, 0) is 10.8 Å². The van der Waals surface area contributed by atoms with E-state index in [9.17, 15) is 0 Å². The maximum absolute atomic E-state index is 6.87. The summed E-state index contributed by atoms with van der Waals surface area (Å²) >= 11 is 0. The van der Waals surface area contributed by atoms with E-state index < -0.39 is 0 Å². The van der Waals surface area contributed by atoms with Crippen molar-refractivity contribution in [1.29, 1.82) is 0 Å². The number of rotatable bonds is 1. The van der Waals surface area contributed by atoms with Crippen molar-refractivity contribution in [3.8, 4) is 33.8 Å². The zero-order valence-electron chi connectivity index (χ0n) is 24.0. The maximum atomic E-state index is 6.87. The van der Waals surface area contributed by atoms with Crippen molar-refractivity contribution in [2.75, 3.05) is 4.90 Å². The van der Waals surface area contributed by atoms with Gasteiger partial charge in [0.05, 0.1) is 11.4 Å². The molecule has 0 unspecified atom stereocenters. The number of anilines is 3. The van der Waals surface area contributed by atoms with Gasteiger partial charge < -0.3 is 9.64 Å². The normalized spacial score (nSPS) is 16.3. The molecule has 2 aliphatic carbocycles. The first-order chi connectivity index (χ1) is 19.1. The van der Waals surface area contributed by atoms with E-state index in [1.165, 1.54) is 55.6 Å². The molecule has 196 valence electrons. The van der Waals surface area contributed by atoms with E-state index in [4.69, 9.17) is 4.74 Å². The lowest BCUT2D eigenvalue weighted by Crippen LogP contribution is -2.19. The Morgan fingerprint density at radius 1 is 0.500 bits per heavy atom. The highest BCUT2D eigenvalue weighted by Crippen LogP contribution is 2.60. The first-order valence-corrected chi connectivity index (χ1v) is 14.3. The minimum atomic E-state index is -0.0909. The number of benzene rings is 5. The molecular weight excluding hydrogens is 486 g/mol. The van der Waals surface area contributed by atoms with Crippen molar-refractivity contribution >= 4 is 17.1 Å². The molecule has 5 aromatic carbocycles. The van der Waals surface area contributed by atoms with Gasteiger partial charge >= 0.3 is 0 Å². The van der Waals surface area contributed by atoms with Crippen molar-refractivity contribution in [2.45, 2.75) is 52.4 Å². The van der Waals surface area contributed by atoms with Gasteiger partial charge in [-0.05, 0) is 94.8 Å². The lowest BCUT2D eigenvalue weighted by Gasteiger charge is -2.35. The first kappa shape index (κ1) is 23.6. The molecule has 3 aliphatic rings. The predicted molar refractivity (Wildman–Crippen MR) is 166 cm³/mol. The molecule has 0 bridgehead atoms. The summed E-state index contributed by atoms with van der Waals surface area (Å²) < 4.78 is 6.87. The molecule has 0 spiro atoms. The van der Waals surface area contributed by atoms with Crippen LogP contribution in [0.3, 0.4) is 0 Å². The van der Waals surface area contributed by atoms with Gasteiger partial charge in [0.2, 0.25) is 0 Å². The van der Waals surface area contributed by atoms with Gasteiger partial charge in [0, 0.05) is 16.5 Å². The van der Waals surface area contributed by atoms with Gasteiger partial charge in [-0.3, -0.25) is 0 Å². The summed E-state index contributed by atoms with van der Waals surface area (Å²) in [6, 6.07) is 33.8. The molecule has 0 aromatic heterocycles. The minimum Gasteiger partial charge on any atom is -0.453 e. The molecule has 8 rings (SSSR count). The van der Waals surface area contributed by atoms with Gasteiger partial charge in [-0.25, -0.2) is 0 Å². The Morgan fingerprint density at radius 2 is 0.950 bits per heavy atom. The summed E-state index contributed by atoms with van der Waals surface area (Å²) in [5.74, 6) is 1.83. The average molecular weight is 520 g/mol. The van der Waals surface area contributed by atoms with Gasteiger partial charge in [0.1, 0.15) is 0 Å². The Hall–Kier alpha value is -4.30. The fourth-order valence-electron chi connectivity index (χ4n) is 7.34. The van der Waals surface area contributed by atoms with Crippen molar-refractivity contribution in [3.05, 3.63) is 124 Å². The van der Waals surface area contributed by atoms with E-state index in [0.29, 0.717) is 0 Å². The molecule has 0 saturated heterocycles. The van der Waals surface area contributed by atoms with Crippen molar-refractivity contribution < 1.29 is 4.74 Å². The predicted octanol–water partition coefficient (Wildman–Crippen LogP) is 10.5. The van der Waals surface area contributed by atoms with Gasteiger partial charge in [-0.2, -0.15) is 0 Å². The highest BCUT2D eigenvalue weighted by atomic mass is 16.5. The molecule has 0 amide bonds. The molecule has 40 heavy (non-hydrogen) atoms. The largest absolute Gasteiger partial charge is 0.453 e. The fraction of sp³-hybridized carbons (Fsp3) is 0.211. The second-order valence-electron chi connectivity index (χ2n) is 12.9. The molecule has 5 aromatic rings. The summed E-state index contributed by atoms with van der Waals surface area (Å²) in [6.07, 6.45) is 0. The molecule has 2 nitrogen and oxygen atoms in total. The third kappa shape index (κ3) is 2.99. The van der Waals surface area contributed by atoms with Crippen LogP contribution in [0.1, 0.15) is 61.1 Å². The standard InChI is InChI=1S/C38H33NO/c1-22-12-14-25-27-18-33-35(20-31(27)37(3,4)29(25)16-22)40-36-21-32-28(19-34(36)39(33)24-10-8-7-9-11-24)26-15-13-23(2)17-30(26)38(32,5)6/h7-21H,1-6H3. The number of fused-ring (bicyclic) bond motifs is 8. The van der Waals surface area contributed by atoms with Crippen molar-refractivity contribution in [1.82, 2.24) is 0 Å². The van der Waals surface area contributed by atoms with Crippen LogP contribution in [0.25, 0.3) is 22.3 Å². The number of hydrogen-bond acceptors (Lipinski definition) is 2. The van der Waals surface area contributed by atoms with Crippen molar-refractivity contribution in [2.24, 2.45) is 0 Å². The number of aryl methyl sites for hydroxylation is 2. The van der Waals surface area contributed by atoms with Crippen LogP contribution in [0.4, 0.5) is 17.1 Å². The van der Waals surface area contributed by atoms with Gasteiger partial charge in [-0.15, -0.1) is 0 Å². The molecule has 1 heterocycles. The maximum Gasteiger partial charge on any atom is 0.151 e. The summed E-state index contributed by atoms with van der Waals surface area (Å²) in [5.41, 5.74) is 16.4. The minimum absolute atomic E-state index is 0.0909. The third-order valence-corrected chi connectivity index (χ3v) is 9.54. The van der Waals surface area contributed by atoms with Crippen LogP contribution in [0.15, 0.2) is 91.0 Å². The second kappa shape index (κ2) is 7.67. The van der Waals surface area contributed by atoms with E-state index >= 15 is 0 Å². The number of nitrogens with zero attached hydrogens (tertiary/aromatic N) is 1. The van der Waals surface area contributed by atoms with Crippen LogP contribution in [-0.4, -0.2) is 0 Å². The zero-order valence-corrected chi connectivity index (χ0v) is 24.0. The molecule has 0 saturated carbocycles. The monoisotopic (exact) mass is 519 g/mol. The quantitative estimate of drug-likeness (QED) is 0.214. The lowest BCUT2D eigenvalue weighted by molar-refractivity contribution is 0.473. The average Bonchev–Trinajstić information content (AvgIpc) is 3.28. The highest BCUT2D eigenvalue weighted by molar-refractivity contribution is 5.95. The van der Waals surface area contributed by atoms with Crippen LogP contribution < -0.4 is 9.64 Å². The lowest BCUT2D eigenvalue weighted by atomic mass is 9.81. The topological polar surface area (TPSA) is 12.5 Å². The fourth-order valence-corrected chi connectivity index (χ4v) is 7.34. The Bertz CT molecular complexity index is 1770. The van der Waals surface area contributed by atoms with Gasteiger partial charge in [-0.1, -0.05) is 93.4 Å². The van der Waals surface area contributed by atoms with E-state index in [0.717, 1.165) is 28.6 Å². The Balaban J connectivity index is 1.39. The molecule has 0 radical (unpaired) electrons. The molecule has 1 aliphatic heterocycles. The Morgan fingerprint density at radius 3 is 1.43 bits per heavy atom. The molecule has 2 heteroatoms. The summed E-state index contributed by atoms with van der Waals surface area (Å²) in [7, 11) is 0. The Labute approximate surface area is 236 Å². The van der Waals surface area contributed by atoms with Gasteiger partial charge in [0.15, 0.2) is 11.5 Å². The number of ether oxygens (including phenoxy) is 1. The molecule has 0 fully saturated rings. The molecular formula is C38H33NO. The van der Waals surface area contributed by atoms with Crippen LogP contribution in [0.5, 0.6) is 11.5 Å². The van der Waals surface area contributed by atoms with E-state index in [1.54, 1.807) is 0 Å². The summed E-state index contributed by atoms with van der Waals surface area (Å²) in [6.45, 7) is 13.7. The van der Waals surface area contributed by atoms with Crippen LogP contribution in [0.2, 0.25) is 0 Å². The SMILES string of the molecule is Cc1ccc2c(c1)C(C)(C)c1cc3c(cc1-2)N(c1ccccc1)c1cc2c(cc1O3)C(C)(C)c1cc(C)ccc1-2. The molecule has 0 atom stereocenters. The summed E-state index contributed by atoms with van der Waals surface area (Å²) in [5, 5.41) is 0.